The number of carbonyl (C=O) groups excluding carboxylic acids is 2. The maximum atomic E-state index is 13.0. The molecule has 0 bridgehead atoms. The van der Waals surface area contributed by atoms with Crippen molar-refractivity contribution in [3.8, 4) is 0 Å². The van der Waals surface area contributed by atoms with Crippen molar-refractivity contribution in [1.82, 2.24) is 0 Å². The number of halogens is 2. The summed E-state index contributed by atoms with van der Waals surface area (Å²) in [6.07, 6.45) is 0. The molecule has 0 unspecified atom stereocenters. The molecule has 0 heterocycles. The maximum absolute atomic E-state index is 13.0. The van der Waals surface area contributed by atoms with E-state index in [-0.39, 0.29) is 5.78 Å². The monoisotopic (exact) mass is 350 g/mol. The van der Waals surface area contributed by atoms with Gasteiger partial charge in [-0.25, -0.2) is 9.18 Å². The van der Waals surface area contributed by atoms with Crippen molar-refractivity contribution in [3.05, 3.63) is 58.3 Å². The minimum atomic E-state index is -0.483. The standard InChI is InChI=1S/C15H12BrFN2O2/c1-9(20)10-3-2-4-12(7-10)18-15(21)19-14-6-5-11(17)8-13(14)16/h2-8H,1H3,(H2,18,19,21). The summed E-state index contributed by atoms with van der Waals surface area (Å²) in [7, 11) is 0. The van der Waals surface area contributed by atoms with Crippen LogP contribution < -0.4 is 10.6 Å². The van der Waals surface area contributed by atoms with Gasteiger partial charge in [-0.15, -0.1) is 0 Å². The third kappa shape index (κ3) is 4.13. The molecular formula is C15H12BrFN2O2. The molecule has 0 spiro atoms. The molecule has 0 fully saturated rings. The quantitative estimate of drug-likeness (QED) is 0.804. The van der Waals surface area contributed by atoms with Crippen molar-refractivity contribution in [3.63, 3.8) is 0 Å². The molecule has 0 aliphatic rings. The van der Waals surface area contributed by atoms with Crippen molar-refractivity contribution >= 4 is 39.1 Å². The van der Waals surface area contributed by atoms with Gasteiger partial charge in [-0.3, -0.25) is 4.79 Å². The van der Waals surface area contributed by atoms with E-state index in [1.807, 2.05) is 0 Å². The van der Waals surface area contributed by atoms with Crippen LogP contribution in [0.4, 0.5) is 20.6 Å². The third-order valence-corrected chi connectivity index (χ3v) is 3.36. The Morgan fingerprint density at radius 3 is 2.52 bits per heavy atom. The Bertz CT molecular complexity index is 704. The van der Waals surface area contributed by atoms with Gasteiger partial charge in [0.2, 0.25) is 0 Å². The average Bonchev–Trinajstić information content (AvgIpc) is 2.42. The van der Waals surface area contributed by atoms with Gasteiger partial charge in [0, 0.05) is 15.7 Å². The summed E-state index contributed by atoms with van der Waals surface area (Å²) in [5.41, 5.74) is 1.45. The lowest BCUT2D eigenvalue weighted by atomic mass is 10.1. The number of benzene rings is 2. The minimum Gasteiger partial charge on any atom is -0.308 e. The molecule has 2 aromatic carbocycles. The van der Waals surface area contributed by atoms with Crippen molar-refractivity contribution < 1.29 is 14.0 Å². The van der Waals surface area contributed by atoms with E-state index in [4.69, 9.17) is 0 Å². The van der Waals surface area contributed by atoms with Crippen LogP contribution in [0, 0.1) is 5.82 Å². The molecule has 0 saturated heterocycles. The van der Waals surface area contributed by atoms with E-state index in [1.165, 1.54) is 25.1 Å². The normalized spacial score (nSPS) is 10.0. The summed E-state index contributed by atoms with van der Waals surface area (Å²) in [5.74, 6) is -0.484. The lowest BCUT2D eigenvalue weighted by Gasteiger charge is -2.09. The second-order valence-corrected chi connectivity index (χ2v) is 5.19. The van der Waals surface area contributed by atoms with Crippen LogP contribution in [0.5, 0.6) is 0 Å². The van der Waals surface area contributed by atoms with E-state index < -0.39 is 11.8 Å². The van der Waals surface area contributed by atoms with Gasteiger partial charge in [0.05, 0.1) is 5.69 Å². The molecule has 0 aliphatic carbocycles. The fourth-order valence-corrected chi connectivity index (χ4v) is 2.14. The van der Waals surface area contributed by atoms with E-state index in [1.54, 1.807) is 24.3 Å². The smallest absolute Gasteiger partial charge is 0.308 e. The Labute approximate surface area is 129 Å². The predicted octanol–water partition coefficient (Wildman–Crippen LogP) is 4.43. The number of hydrogen-bond acceptors (Lipinski definition) is 2. The molecule has 4 nitrogen and oxygen atoms in total. The molecule has 2 amide bonds. The lowest BCUT2D eigenvalue weighted by molar-refractivity contribution is 0.101. The van der Waals surface area contributed by atoms with Gasteiger partial charge in [0.25, 0.3) is 0 Å². The summed E-state index contributed by atoms with van der Waals surface area (Å²) in [4.78, 5) is 23.2. The van der Waals surface area contributed by atoms with E-state index in [9.17, 15) is 14.0 Å². The molecule has 0 aliphatic heterocycles. The first kappa shape index (κ1) is 15.2. The lowest BCUT2D eigenvalue weighted by Crippen LogP contribution is -2.19. The summed E-state index contributed by atoms with van der Waals surface area (Å²) in [6.45, 7) is 1.45. The molecular weight excluding hydrogens is 339 g/mol. The molecule has 0 saturated carbocycles. The van der Waals surface area contributed by atoms with Gasteiger partial charge in [-0.1, -0.05) is 12.1 Å². The summed E-state index contributed by atoms with van der Waals surface area (Å²) < 4.78 is 13.4. The minimum absolute atomic E-state index is 0.0830. The summed E-state index contributed by atoms with van der Waals surface area (Å²) in [5, 5.41) is 5.20. The SMILES string of the molecule is CC(=O)c1cccc(NC(=O)Nc2ccc(F)cc2Br)c1. The second-order valence-electron chi connectivity index (χ2n) is 4.34. The van der Waals surface area contributed by atoms with Crippen LogP contribution in [-0.2, 0) is 0 Å². The molecule has 0 atom stereocenters. The van der Waals surface area contributed by atoms with Gasteiger partial charge >= 0.3 is 6.03 Å². The van der Waals surface area contributed by atoms with Gasteiger partial charge in [0.15, 0.2) is 5.78 Å². The molecule has 2 N–H and O–H groups in total. The fraction of sp³-hybridized carbons (Fsp3) is 0.0667. The number of hydrogen-bond donors (Lipinski definition) is 2. The first-order chi connectivity index (χ1) is 9.95. The zero-order valence-corrected chi connectivity index (χ0v) is 12.7. The third-order valence-electron chi connectivity index (χ3n) is 2.71. The van der Waals surface area contributed by atoms with Gasteiger partial charge in [-0.05, 0) is 53.2 Å². The van der Waals surface area contributed by atoms with E-state index >= 15 is 0 Å². The Kier molecular flexibility index (Phi) is 4.70. The van der Waals surface area contributed by atoms with Crippen LogP contribution >= 0.6 is 15.9 Å². The average molecular weight is 351 g/mol. The molecule has 0 aromatic heterocycles. The number of carbonyl (C=O) groups is 2. The number of nitrogens with one attached hydrogen (secondary N) is 2. The molecule has 6 heteroatoms. The van der Waals surface area contributed by atoms with Crippen molar-refractivity contribution in [2.45, 2.75) is 6.92 Å². The van der Waals surface area contributed by atoms with Gasteiger partial charge in [0.1, 0.15) is 5.82 Å². The molecule has 0 radical (unpaired) electrons. The highest BCUT2D eigenvalue weighted by atomic mass is 79.9. The topological polar surface area (TPSA) is 58.2 Å². The Morgan fingerprint density at radius 1 is 1.10 bits per heavy atom. The van der Waals surface area contributed by atoms with Crippen molar-refractivity contribution in [2.75, 3.05) is 10.6 Å². The number of amides is 2. The first-order valence-corrected chi connectivity index (χ1v) is 6.89. The Balaban J connectivity index is 2.08. The van der Waals surface area contributed by atoms with Crippen molar-refractivity contribution in [1.29, 1.82) is 0 Å². The van der Waals surface area contributed by atoms with Crippen LogP contribution in [0.1, 0.15) is 17.3 Å². The predicted molar refractivity (Wildman–Crippen MR) is 83.2 cm³/mol. The van der Waals surface area contributed by atoms with Crippen LogP contribution in [0.2, 0.25) is 0 Å². The highest BCUT2D eigenvalue weighted by molar-refractivity contribution is 9.10. The molecule has 108 valence electrons. The number of ketones is 1. The van der Waals surface area contributed by atoms with Gasteiger partial charge < -0.3 is 10.6 Å². The van der Waals surface area contributed by atoms with Gasteiger partial charge in [-0.2, -0.15) is 0 Å². The molecule has 21 heavy (non-hydrogen) atoms. The number of Topliss-reactive ketones (excluding diaryl/α,β-unsaturated/α-hetero) is 1. The molecule has 2 rings (SSSR count). The van der Waals surface area contributed by atoms with Crippen molar-refractivity contribution in [2.24, 2.45) is 0 Å². The number of anilines is 2. The second kappa shape index (κ2) is 6.49. The Hall–Kier alpha value is -2.21. The maximum Gasteiger partial charge on any atom is 0.323 e. The largest absolute Gasteiger partial charge is 0.323 e. The van der Waals surface area contributed by atoms with Crippen LogP contribution in [0.25, 0.3) is 0 Å². The van der Waals surface area contributed by atoms with Crippen LogP contribution in [0.15, 0.2) is 46.9 Å². The first-order valence-electron chi connectivity index (χ1n) is 6.10. The number of rotatable bonds is 3. The fourth-order valence-electron chi connectivity index (χ4n) is 1.69. The zero-order valence-electron chi connectivity index (χ0n) is 11.1. The van der Waals surface area contributed by atoms with Crippen LogP contribution in [-0.4, -0.2) is 11.8 Å². The molecule has 2 aromatic rings. The van der Waals surface area contributed by atoms with Crippen LogP contribution in [0.3, 0.4) is 0 Å². The number of urea groups is 1. The highest BCUT2D eigenvalue weighted by Gasteiger charge is 2.07. The van der Waals surface area contributed by atoms with E-state index in [2.05, 4.69) is 26.6 Å². The Morgan fingerprint density at radius 2 is 1.86 bits per heavy atom. The highest BCUT2D eigenvalue weighted by Crippen LogP contribution is 2.23. The zero-order chi connectivity index (χ0) is 15.4. The van der Waals surface area contributed by atoms with E-state index in [0.29, 0.717) is 21.4 Å². The summed E-state index contributed by atoms with van der Waals surface area (Å²) >= 11 is 3.16. The van der Waals surface area contributed by atoms with E-state index in [0.717, 1.165) is 0 Å². The summed E-state index contributed by atoms with van der Waals surface area (Å²) in [6, 6.07) is 10.1.